The molecule has 4 heteroatoms. The number of anilines is 1. The van der Waals surface area contributed by atoms with Crippen molar-refractivity contribution in [1.82, 2.24) is 0 Å². The summed E-state index contributed by atoms with van der Waals surface area (Å²) in [4.78, 5) is 0.668. The van der Waals surface area contributed by atoms with Crippen LogP contribution in [0.1, 0.15) is 0 Å². The number of thiophene rings is 1. The number of fused-ring (bicyclic) bond motifs is 1. The molecule has 1 nitrogen and oxygen atoms in total. The highest BCUT2D eigenvalue weighted by molar-refractivity contribution is 7.81. The minimum atomic E-state index is -0.203. The fourth-order valence-corrected chi connectivity index (χ4v) is 2.25. The second-order valence-electron chi connectivity index (χ2n) is 2.47. The van der Waals surface area contributed by atoms with Gasteiger partial charge in [-0.2, -0.15) is 4.39 Å². The van der Waals surface area contributed by atoms with Crippen LogP contribution in [0.5, 0.6) is 0 Å². The van der Waals surface area contributed by atoms with Crippen LogP contribution in [0, 0.1) is 5.13 Å². The molecule has 62 valence electrons. The number of benzene rings is 1. The number of hydrogen-bond acceptors (Lipinski definition) is 3. The molecule has 12 heavy (non-hydrogen) atoms. The summed E-state index contributed by atoms with van der Waals surface area (Å²) in [6.07, 6.45) is 0. The Morgan fingerprint density at radius 3 is 2.92 bits per heavy atom. The van der Waals surface area contributed by atoms with Gasteiger partial charge in [-0.1, -0.05) is 6.07 Å². The van der Waals surface area contributed by atoms with Crippen LogP contribution in [-0.4, -0.2) is 0 Å². The van der Waals surface area contributed by atoms with Gasteiger partial charge in [-0.3, -0.25) is 0 Å². The first-order valence-corrected chi connectivity index (χ1v) is 4.61. The molecule has 0 radical (unpaired) electrons. The second-order valence-corrected chi connectivity index (χ2v) is 3.92. The Morgan fingerprint density at radius 2 is 2.17 bits per heavy atom. The third kappa shape index (κ3) is 1.07. The van der Waals surface area contributed by atoms with Crippen LogP contribution < -0.4 is 5.73 Å². The summed E-state index contributed by atoms with van der Waals surface area (Å²) in [5.41, 5.74) is 6.19. The van der Waals surface area contributed by atoms with E-state index in [4.69, 9.17) is 5.73 Å². The van der Waals surface area contributed by atoms with Gasteiger partial charge in [0.1, 0.15) is 0 Å². The summed E-state index contributed by atoms with van der Waals surface area (Å²) in [6.45, 7) is 0. The quantitative estimate of drug-likeness (QED) is 0.495. The van der Waals surface area contributed by atoms with Gasteiger partial charge in [0.25, 0.3) is 0 Å². The average Bonchev–Trinajstić information content (AvgIpc) is 2.39. The summed E-state index contributed by atoms with van der Waals surface area (Å²) < 4.78 is 13.6. The van der Waals surface area contributed by atoms with Crippen molar-refractivity contribution in [2.75, 3.05) is 5.73 Å². The number of nitrogen functional groups attached to an aromatic ring is 1. The zero-order valence-electron chi connectivity index (χ0n) is 6.04. The van der Waals surface area contributed by atoms with E-state index in [-0.39, 0.29) is 5.13 Å². The predicted octanol–water partition coefficient (Wildman–Crippen LogP) is 2.91. The van der Waals surface area contributed by atoms with E-state index in [2.05, 4.69) is 12.6 Å². The molecule has 0 aliphatic heterocycles. The third-order valence-corrected chi connectivity index (χ3v) is 3.25. The van der Waals surface area contributed by atoms with Gasteiger partial charge in [0.05, 0.1) is 4.70 Å². The number of hydrogen-bond donors (Lipinski definition) is 2. The lowest BCUT2D eigenvalue weighted by Gasteiger charge is -1.97. The van der Waals surface area contributed by atoms with Crippen molar-refractivity contribution in [3.63, 3.8) is 0 Å². The molecule has 2 rings (SSSR count). The number of thiol groups is 1. The minimum Gasteiger partial charge on any atom is -0.398 e. The summed E-state index contributed by atoms with van der Waals surface area (Å²) in [6, 6.07) is 5.01. The standard InChI is InChI=1S/C8H6FNS2/c9-6-3-4-1-2-5(10)7(11)8(4)12-6/h1-3,11H,10H2. The van der Waals surface area contributed by atoms with Crippen LogP contribution in [0.15, 0.2) is 23.1 Å². The lowest BCUT2D eigenvalue weighted by atomic mass is 10.2. The molecule has 0 aliphatic rings. The Labute approximate surface area is 78.4 Å². The third-order valence-electron chi connectivity index (χ3n) is 1.66. The first-order chi connectivity index (χ1) is 5.68. The number of rotatable bonds is 0. The topological polar surface area (TPSA) is 26.0 Å². The van der Waals surface area contributed by atoms with E-state index in [1.165, 1.54) is 6.07 Å². The molecule has 0 saturated carbocycles. The smallest absolute Gasteiger partial charge is 0.177 e. The first-order valence-electron chi connectivity index (χ1n) is 3.35. The molecule has 0 amide bonds. The highest BCUT2D eigenvalue weighted by Crippen LogP contribution is 2.33. The Morgan fingerprint density at radius 1 is 1.42 bits per heavy atom. The monoisotopic (exact) mass is 199 g/mol. The normalized spacial score (nSPS) is 10.8. The predicted molar refractivity (Wildman–Crippen MR) is 53.4 cm³/mol. The maximum absolute atomic E-state index is 12.8. The van der Waals surface area contributed by atoms with E-state index in [1.54, 1.807) is 12.1 Å². The van der Waals surface area contributed by atoms with Gasteiger partial charge in [0, 0.05) is 10.6 Å². The molecular weight excluding hydrogens is 193 g/mol. The molecule has 0 aliphatic carbocycles. The van der Waals surface area contributed by atoms with E-state index in [0.717, 1.165) is 21.4 Å². The van der Waals surface area contributed by atoms with E-state index in [9.17, 15) is 4.39 Å². The van der Waals surface area contributed by atoms with Crippen molar-refractivity contribution in [3.8, 4) is 0 Å². The molecule has 2 N–H and O–H groups in total. The Balaban J connectivity index is 2.89. The van der Waals surface area contributed by atoms with E-state index in [0.29, 0.717) is 10.6 Å². The molecule has 0 saturated heterocycles. The maximum atomic E-state index is 12.8. The first kappa shape index (κ1) is 7.89. The average molecular weight is 199 g/mol. The second kappa shape index (κ2) is 2.64. The van der Waals surface area contributed by atoms with Crippen molar-refractivity contribution < 1.29 is 4.39 Å². The van der Waals surface area contributed by atoms with Crippen LogP contribution in [-0.2, 0) is 0 Å². The lowest BCUT2D eigenvalue weighted by molar-refractivity contribution is 0.658. The van der Waals surface area contributed by atoms with Crippen molar-refractivity contribution in [2.45, 2.75) is 4.90 Å². The fraction of sp³-hybridized carbons (Fsp3) is 0. The molecule has 1 aromatic carbocycles. The molecule has 1 aromatic heterocycles. The van der Waals surface area contributed by atoms with Gasteiger partial charge < -0.3 is 5.73 Å². The van der Waals surface area contributed by atoms with Gasteiger partial charge >= 0.3 is 0 Å². The highest BCUT2D eigenvalue weighted by atomic mass is 32.1. The molecule has 0 unspecified atom stereocenters. The molecule has 0 fully saturated rings. The van der Waals surface area contributed by atoms with Crippen LogP contribution in [0.4, 0.5) is 10.1 Å². The molecule has 0 bridgehead atoms. The summed E-state index contributed by atoms with van der Waals surface area (Å²) in [5, 5.41) is 0.655. The van der Waals surface area contributed by atoms with Gasteiger partial charge in [-0.05, 0) is 17.5 Å². The van der Waals surface area contributed by atoms with Crippen LogP contribution in [0.25, 0.3) is 10.1 Å². The fourth-order valence-electron chi connectivity index (χ4n) is 1.07. The molecule has 0 atom stereocenters. The summed E-state index contributed by atoms with van der Waals surface area (Å²) in [5.74, 6) is 0. The van der Waals surface area contributed by atoms with Crippen molar-refractivity contribution >= 4 is 39.7 Å². The van der Waals surface area contributed by atoms with E-state index >= 15 is 0 Å². The largest absolute Gasteiger partial charge is 0.398 e. The van der Waals surface area contributed by atoms with Gasteiger partial charge in [0.2, 0.25) is 0 Å². The van der Waals surface area contributed by atoms with Crippen molar-refractivity contribution in [3.05, 3.63) is 23.3 Å². The summed E-state index contributed by atoms with van der Waals surface area (Å²) >= 11 is 5.27. The summed E-state index contributed by atoms with van der Waals surface area (Å²) in [7, 11) is 0. The zero-order chi connectivity index (χ0) is 8.72. The van der Waals surface area contributed by atoms with E-state index < -0.39 is 0 Å². The van der Waals surface area contributed by atoms with Gasteiger partial charge in [-0.15, -0.1) is 24.0 Å². The SMILES string of the molecule is Nc1ccc2cc(F)sc2c1S. The highest BCUT2D eigenvalue weighted by Gasteiger charge is 2.05. The van der Waals surface area contributed by atoms with Gasteiger partial charge in [-0.25, -0.2) is 0 Å². The Kier molecular flexibility index (Phi) is 1.73. The van der Waals surface area contributed by atoms with E-state index in [1.807, 2.05) is 0 Å². The van der Waals surface area contributed by atoms with Gasteiger partial charge in [0.15, 0.2) is 5.13 Å². The molecular formula is C8H6FNS2. The Hall–Kier alpha value is -0.740. The van der Waals surface area contributed by atoms with Crippen molar-refractivity contribution in [2.24, 2.45) is 0 Å². The number of halogens is 1. The molecule has 2 aromatic rings. The van der Waals surface area contributed by atoms with Crippen LogP contribution in [0.3, 0.4) is 0 Å². The van der Waals surface area contributed by atoms with Crippen molar-refractivity contribution in [1.29, 1.82) is 0 Å². The molecule has 1 heterocycles. The number of nitrogens with two attached hydrogens (primary N) is 1. The minimum absolute atomic E-state index is 0.203. The maximum Gasteiger partial charge on any atom is 0.177 e. The zero-order valence-corrected chi connectivity index (χ0v) is 7.75. The van der Waals surface area contributed by atoms with Crippen LogP contribution >= 0.6 is 24.0 Å². The lowest BCUT2D eigenvalue weighted by Crippen LogP contribution is -1.84. The van der Waals surface area contributed by atoms with Crippen LogP contribution in [0.2, 0.25) is 0 Å². The Bertz CT molecular complexity index is 436. The molecule has 0 spiro atoms.